The van der Waals surface area contributed by atoms with Crippen molar-refractivity contribution in [3.8, 4) is 5.75 Å². The molecule has 7 nitrogen and oxygen atoms in total. The maximum Gasteiger partial charge on any atom is 0.412 e. The number of carbonyl (C=O) groups excluding carboxylic acids is 1. The minimum atomic E-state index is -0.562. The van der Waals surface area contributed by atoms with Gasteiger partial charge in [0.2, 0.25) is 0 Å². The highest BCUT2D eigenvalue weighted by Crippen LogP contribution is 2.28. The van der Waals surface area contributed by atoms with Crippen molar-refractivity contribution in [1.82, 2.24) is 9.97 Å². The summed E-state index contributed by atoms with van der Waals surface area (Å²) in [7, 11) is 1.55. The smallest absolute Gasteiger partial charge is 0.412 e. The molecule has 2 aromatic rings. The molecule has 0 unspecified atom stereocenters. The molecule has 0 bridgehead atoms. The molecular formula is C16H22N4O3. The number of carbonyl (C=O) groups is 1. The first-order valence-corrected chi connectivity index (χ1v) is 7.26. The van der Waals surface area contributed by atoms with Crippen molar-refractivity contribution in [2.24, 2.45) is 0 Å². The highest BCUT2D eigenvalue weighted by atomic mass is 16.6. The zero-order chi connectivity index (χ0) is 16.9. The molecule has 124 valence electrons. The number of hydrogen-bond acceptors (Lipinski definition) is 5. The predicted molar refractivity (Wildman–Crippen MR) is 88.8 cm³/mol. The molecular weight excluding hydrogens is 296 g/mol. The molecule has 0 saturated carbocycles. The standard InChI is InChI=1S/C16H22N4O3/c1-16(2,3)23-15(21)20-13-7-11(5-6-14(13)22-4)18-9-12-8-17-10-19-12/h5-8,10,18H,9H2,1-4H3,(H,17,19)(H,20,21). The Hall–Kier alpha value is -2.70. The topological polar surface area (TPSA) is 88.3 Å². The quantitative estimate of drug-likeness (QED) is 0.786. The molecule has 1 aromatic carbocycles. The highest BCUT2D eigenvalue weighted by Gasteiger charge is 2.17. The van der Waals surface area contributed by atoms with Crippen LogP contribution in [-0.4, -0.2) is 28.8 Å². The van der Waals surface area contributed by atoms with Crippen molar-refractivity contribution < 1.29 is 14.3 Å². The van der Waals surface area contributed by atoms with E-state index < -0.39 is 11.7 Å². The van der Waals surface area contributed by atoms with Crippen LogP contribution in [0.15, 0.2) is 30.7 Å². The number of aromatic nitrogens is 2. The molecule has 23 heavy (non-hydrogen) atoms. The average Bonchev–Trinajstić information content (AvgIpc) is 2.96. The van der Waals surface area contributed by atoms with E-state index in [1.807, 2.05) is 26.8 Å². The molecule has 2 rings (SSSR count). The van der Waals surface area contributed by atoms with E-state index in [0.29, 0.717) is 18.0 Å². The van der Waals surface area contributed by atoms with Gasteiger partial charge in [0.15, 0.2) is 0 Å². The molecule has 0 aliphatic rings. The van der Waals surface area contributed by atoms with Crippen LogP contribution in [0, 0.1) is 0 Å². The summed E-state index contributed by atoms with van der Waals surface area (Å²) in [5, 5.41) is 5.95. The first-order valence-electron chi connectivity index (χ1n) is 7.26. The van der Waals surface area contributed by atoms with Gasteiger partial charge < -0.3 is 19.8 Å². The van der Waals surface area contributed by atoms with Gasteiger partial charge in [-0.05, 0) is 39.0 Å². The van der Waals surface area contributed by atoms with Crippen molar-refractivity contribution in [3.05, 3.63) is 36.4 Å². The zero-order valence-electron chi connectivity index (χ0n) is 13.8. The molecule has 1 aromatic heterocycles. The number of benzene rings is 1. The van der Waals surface area contributed by atoms with Crippen molar-refractivity contribution in [2.45, 2.75) is 32.9 Å². The average molecular weight is 318 g/mol. The van der Waals surface area contributed by atoms with Gasteiger partial charge in [-0.3, -0.25) is 5.32 Å². The number of anilines is 2. The van der Waals surface area contributed by atoms with Crippen molar-refractivity contribution in [3.63, 3.8) is 0 Å². The van der Waals surface area contributed by atoms with Crippen LogP contribution in [0.2, 0.25) is 0 Å². The Labute approximate surface area is 135 Å². The molecule has 0 saturated heterocycles. The van der Waals surface area contributed by atoms with E-state index in [1.165, 1.54) is 0 Å². The van der Waals surface area contributed by atoms with Gasteiger partial charge >= 0.3 is 6.09 Å². The molecule has 0 atom stereocenters. The molecule has 0 aliphatic heterocycles. The third-order valence-electron chi connectivity index (χ3n) is 2.87. The number of nitrogens with one attached hydrogen (secondary N) is 3. The second-order valence-electron chi connectivity index (χ2n) is 5.97. The lowest BCUT2D eigenvalue weighted by atomic mass is 10.2. The van der Waals surface area contributed by atoms with E-state index in [0.717, 1.165) is 11.4 Å². The lowest BCUT2D eigenvalue weighted by Crippen LogP contribution is -2.27. The Morgan fingerprint density at radius 1 is 1.35 bits per heavy atom. The Balaban J connectivity index is 2.07. The summed E-state index contributed by atoms with van der Waals surface area (Å²) in [5.74, 6) is 0.558. The Bertz CT molecular complexity index is 648. The lowest BCUT2D eigenvalue weighted by Gasteiger charge is -2.20. The summed E-state index contributed by atoms with van der Waals surface area (Å²) in [6.45, 7) is 6.03. The number of rotatable bonds is 5. The third kappa shape index (κ3) is 5.21. The summed E-state index contributed by atoms with van der Waals surface area (Å²) in [4.78, 5) is 18.9. The summed E-state index contributed by atoms with van der Waals surface area (Å²) in [6.07, 6.45) is 2.85. The molecule has 1 heterocycles. The summed E-state index contributed by atoms with van der Waals surface area (Å²) < 4.78 is 10.5. The van der Waals surface area contributed by atoms with Crippen LogP contribution in [0.25, 0.3) is 0 Å². The van der Waals surface area contributed by atoms with Gasteiger partial charge in [0, 0.05) is 11.9 Å². The summed E-state index contributed by atoms with van der Waals surface area (Å²) in [5.41, 5.74) is 1.78. The number of nitrogens with zero attached hydrogens (tertiary/aromatic N) is 1. The van der Waals surface area contributed by atoms with Crippen LogP contribution >= 0.6 is 0 Å². The zero-order valence-corrected chi connectivity index (χ0v) is 13.8. The van der Waals surface area contributed by atoms with Gasteiger partial charge in [-0.15, -0.1) is 0 Å². The second kappa shape index (κ2) is 7.04. The number of aromatic amines is 1. The fourth-order valence-corrected chi connectivity index (χ4v) is 1.91. The first kappa shape index (κ1) is 16.7. The van der Waals surface area contributed by atoms with Crippen LogP contribution < -0.4 is 15.4 Å². The normalized spacial score (nSPS) is 11.0. The maximum absolute atomic E-state index is 11.9. The van der Waals surface area contributed by atoms with Gasteiger partial charge in [0.05, 0.1) is 31.4 Å². The fraction of sp³-hybridized carbons (Fsp3) is 0.375. The molecule has 0 radical (unpaired) electrons. The SMILES string of the molecule is COc1ccc(NCc2cnc[nH]2)cc1NC(=O)OC(C)(C)C. The number of hydrogen-bond donors (Lipinski definition) is 3. The molecule has 0 fully saturated rings. The van der Waals surface area contributed by atoms with Crippen molar-refractivity contribution >= 4 is 17.5 Å². The monoisotopic (exact) mass is 318 g/mol. The van der Waals surface area contributed by atoms with Crippen LogP contribution in [0.5, 0.6) is 5.75 Å². The summed E-state index contributed by atoms with van der Waals surface area (Å²) in [6, 6.07) is 5.44. The number of imidazole rings is 1. The summed E-state index contributed by atoms with van der Waals surface area (Å²) >= 11 is 0. The van der Waals surface area contributed by atoms with Gasteiger partial charge in [-0.1, -0.05) is 0 Å². The molecule has 3 N–H and O–H groups in total. The van der Waals surface area contributed by atoms with Crippen molar-refractivity contribution in [1.29, 1.82) is 0 Å². The van der Waals surface area contributed by atoms with Crippen LogP contribution in [0.1, 0.15) is 26.5 Å². The number of methoxy groups -OCH3 is 1. The Morgan fingerprint density at radius 3 is 2.74 bits per heavy atom. The van der Waals surface area contributed by atoms with E-state index in [-0.39, 0.29) is 0 Å². The Kier molecular flexibility index (Phi) is 5.10. The van der Waals surface area contributed by atoms with Crippen LogP contribution in [0.4, 0.5) is 16.2 Å². The predicted octanol–water partition coefficient (Wildman–Crippen LogP) is 3.38. The molecule has 1 amide bonds. The minimum absolute atomic E-state index is 0.526. The second-order valence-corrected chi connectivity index (χ2v) is 5.97. The van der Waals surface area contributed by atoms with Crippen LogP contribution in [-0.2, 0) is 11.3 Å². The van der Waals surface area contributed by atoms with E-state index in [2.05, 4.69) is 20.6 Å². The third-order valence-corrected chi connectivity index (χ3v) is 2.87. The largest absolute Gasteiger partial charge is 0.495 e. The fourth-order valence-electron chi connectivity index (χ4n) is 1.91. The number of amides is 1. The van der Waals surface area contributed by atoms with Crippen LogP contribution in [0.3, 0.4) is 0 Å². The maximum atomic E-state index is 11.9. The van der Waals surface area contributed by atoms with E-state index in [1.54, 1.807) is 31.8 Å². The lowest BCUT2D eigenvalue weighted by molar-refractivity contribution is 0.0635. The van der Waals surface area contributed by atoms with Gasteiger partial charge in [-0.2, -0.15) is 0 Å². The molecule has 0 aliphatic carbocycles. The number of ether oxygens (including phenoxy) is 2. The van der Waals surface area contributed by atoms with E-state index in [9.17, 15) is 4.79 Å². The van der Waals surface area contributed by atoms with Gasteiger partial charge in [0.25, 0.3) is 0 Å². The molecule has 7 heteroatoms. The first-order chi connectivity index (χ1) is 10.9. The Morgan fingerprint density at radius 2 is 2.13 bits per heavy atom. The van der Waals surface area contributed by atoms with E-state index in [4.69, 9.17) is 9.47 Å². The molecule has 0 spiro atoms. The highest BCUT2D eigenvalue weighted by molar-refractivity contribution is 5.88. The minimum Gasteiger partial charge on any atom is -0.495 e. The van der Waals surface area contributed by atoms with Gasteiger partial charge in [-0.25, -0.2) is 9.78 Å². The van der Waals surface area contributed by atoms with Crippen molar-refractivity contribution in [2.75, 3.05) is 17.7 Å². The van der Waals surface area contributed by atoms with Gasteiger partial charge in [0.1, 0.15) is 11.4 Å². The van der Waals surface area contributed by atoms with E-state index >= 15 is 0 Å². The number of H-pyrrole nitrogens is 1.